The Hall–Kier alpha value is -2.10. The Labute approximate surface area is 118 Å². The van der Waals surface area contributed by atoms with Crippen LogP contribution < -0.4 is 5.32 Å². The van der Waals surface area contributed by atoms with Crippen LogP contribution in [0.25, 0.3) is 0 Å². The van der Waals surface area contributed by atoms with E-state index in [9.17, 15) is 9.59 Å². The van der Waals surface area contributed by atoms with E-state index in [1.54, 1.807) is 24.3 Å². The number of hydrogen-bond donors (Lipinski definition) is 2. The molecule has 20 heavy (non-hydrogen) atoms. The van der Waals surface area contributed by atoms with Gasteiger partial charge < -0.3 is 10.4 Å². The summed E-state index contributed by atoms with van der Waals surface area (Å²) in [5.41, 5.74) is 1.25. The second-order valence-electron chi connectivity index (χ2n) is 5.05. The van der Waals surface area contributed by atoms with Gasteiger partial charge in [0.25, 0.3) is 0 Å². The minimum Gasteiger partial charge on any atom is -0.478 e. The second-order valence-corrected chi connectivity index (χ2v) is 5.05. The highest BCUT2D eigenvalue weighted by Crippen LogP contribution is 2.11. The molecule has 2 rings (SSSR count). The molecular formula is C16H19NO3. The number of carbonyl (C=O) groups is 2. The first-order chi connectivity index (χ1) is 9.65. The van der Waals surface area contributed by atoms with E-state index in [2.05, 4.69) is 17.5 Å². The van der Waals surface area contributed by atoms with Crippen LogP contribution in [0.3, 0.4) is 0 Å². The van der Waals surface area contributed by atoms with E-state index < -0.39 is 5.97 Å². The average Bonchev–Trinajstić information content (AvgIpc) is 2.46. The zero-order chi connectivity index (χ0) is 14.4. The first-order valence-corrected chi connectivity index (χ1v) is 6.92. The molecule has 0 spiro atoms. The Morgan fingerprint density at radius 1 is 1.20 bits per heavy atom. The Balaban J connectivity index is 1.77. The second kappa shape index (κ2) is 6.89. The summed E-state index contributed by atoms with van der Waals surface area (Å²) in [5.74, 6) is -0.868. The lowest BCUT2D eigenvalue weighted by Gasteiger charge is -2.19. The molecule has 0 fully saturated rings. The largest absolute Gasteiger partial charge is 0.478 e. The van der Waals surface area contributed by atoms with Gasteiger partial charge in [0.2, 0.25) is 5.91 Å². The number of hydrogen-bond acceptors (Lipinski definition) is 2. The minimum atomic E-state index is -0.931. The monoisotopic (exact) mass is 273 g/mol. The van der Waals surface area contributed by atoms with E-state index in [0.29, 0.717) is 12.8 Å². The quantitative estimate of drug-likeness (QED) is 0.810. The highest BCUT2D eigenvalue weighted by molar-refractivity contribution is 5.87. The van der Waals surface area contributed by atoms with Crippen LogP contribution >= 0.6 is 0 Å². The maximum Gasteiger partial charge on any atom is 0.335 e. The molecule has 1 aromatic rings. The molecule has 4 heteroatoms. The number of allylic oxidation sites excluding steroid dienone is 1. The number of aromatic carboxylic acids is 1. The van der Waals surface area contributed by atoms with Crippen molar-refractivity contribution in [1.82, 2.24) is 5.32 Å². The summed E-state index contributed by atoms with van der Waals surface area (Å²) in [5, 5.41) is 11.8. The molecule has 0 bridgehead atoms. The molecule has 106 valence electrons. The number of aryl methyl sites for hydroxylation is 1. The van der Waals surface area contributed by atoms with Gasteiger partial charge in [0, 0.05) is 12.5 Å². The van der Waals surface area contributed by atoms with Crippen molar-refractivity contribution in [3.63, 3.8) is 0 Å². The lowest BCUT2D eigenvalue weighted by atomic mass is 10.0. The predicted octanol–water partition coefficient (Wildman–Crippen LogP) is 2.54. The molecule has 0 saturated heterocycles. The molecule has 0 unspecified atom stereocenters. The zero-order valence-corrected chi connectivity index (χ0v) is 11.3. The fraction of sp³-hybridized carbons (Fsp3) is 0.375. The van der Waals surface area contributed by atoms with Gasteiger partial charge in [-0.3, -0.25) is 4.79 Å². The molecule has 0 aromatic heterocycles. The first kappa shape index (κ1) is 14.3. The Kier molecular flexibility index (Phi) is 4.93. The Morgan fingerprint density at radius 3 is 2.55 bits per heavy atom. The number of amides is 1. The van der Waals surface area contributed by atoms with Crippen molar-refractivity contribution in [3.8, 4) is 0 Å². The maximum atomic E-state index is 11.8. The van der Waals surface area contributed by atoms with Gasteiger partial charge in [-0.1, -0.05) is 24.3 Å². The van der Waals surface area contributed by atoms with Crippen molar-refractivity contribution in [2.24, 2.45) is 0 Å². The Morgan fingerprint density at radius 2 is 1.95 bits per heavy atom. The number of benzene rings is 1. The molecule has 1 aliphatic rings. The predicted molar refractivity (Wildman–Crippen MR) is 76.6 cm³/mol. The van der Waals surface area contributed by atoms with Crippen molar-refractivity contribution < 1.29 is 14.7 Å². The fourth-order valence-corrected chi connectivity index (χ4v) is 2.30. The van der Waals surface area contributed by atoms with Gasteiger partial charge in [-0.15, -0.1) is 0 Å². The summed E-state index contributed by atoms with van der Waals surface area (Å²) < 4.78 is 0. The van der Waals surface area contributed by atoms with Gasteiger partial charge in [0.1, 0.15) is 0 Å². The molecule has 0 saturated carbocycles. The number of carbonyl (C=O) groups excluding carboxylic acids is 1. The van der Waals surface area contributed by atoms with Crippen LogP contribution in [0.4, 0.5) is 0 Å². The van der Waals surface area contributed by atoms with E-state index in [1.807, 2.05) is 0 Å². The minimum absolute atomic E-state index is 0.0626. The van der Waals surface area contributed by atoms with E-state index in [0.717, 1.165) is 24.8 Å². The molecule has 1 aromatic carbocycles. The van der Waals surface area contributed by atoms with Crippen molar-refractivity contribution in [2.75, 3.05) is 0 Å². The van der Waals surface area contributed by atoms with Crippen molar-refractivity contribution >= 4 is 11.9 Å². The van der Waals surface area contributed by atoms with Crippen LogP contribution in [0, 0.1) is 0 Å². The van der Waals surface area contributed by atoms with E-state index >= 15 is 0 Å². The molecular weight excluding hydrogens is 254 g/mol. The molecule has 0 heterocycles. The molecule has 0 radical (unpaired) electrons. The summed E-state index contributed by atoms with van der Waals surface area (Å²) >= 11 is 0. The van der Waals surface area contributed by atoms with Gasteiger partial charge >= 0.3 is 5.97 Å². The third-order valence-corrected chi connectivity index (χ3v) is 3.48. The molecule has 0 aliphatic heterocycles. The number of nitrogens with one attached hydrogen (secondary N) is 1. The smallest absolute Gasteiger partial charge is 0.335 e. The highest BCUT2D eigenvalue weighted by atomic mass is 16.4. The average molecular weight is 273 g/mol. The Bertz CT molecular complexity index is 505. The van der Waals surface area contributed by atoms with E-state index in [-0.39, 0.29) is 17.5 Å². The maximum absolute atomic E-state index is 11.8. The summed E-state index contributed by atoms with van der Waals surface area (Å²) in [6.45, 7) is 0. The highest BCUT2D eigenvalue weighted by Gasteiger charge is 2.12. The van der Waals surface area contributed by atoms with E-state index in [4.69, 9.17) is 5.11 Å². The van der Waals surface area contributed by atoms with Crippen LogP contribution in [0.15, 0.2) is 36.4 Å². The van der Waals surface area contributed by atoms with Gasteiger partial charge in [-0.2, -0.15) is 0 Å². The van der Waals surface area contributed by atoms with Gasteiger partial charge in [0.15, 0.2) is 0 Å². The first-order valence-electron chi connectivity index (χ1n) is 6.92. The third-order valence-electron chi connectivity index (χ3n) is 3.48. The SMILES string of the molecule is O=C(CCc1ccc(C(=O)O)cc1)N[C@@H]1CC=CCC1. The normalized spacial score (nSPS) is 17.7. The van der Waals surface area contributed by atoms with Crippen LogP contribution in [0.5, 0.6) is 0 Å². The van der Waals surface area contributed by atoms with Crippen molar-refractivity contribution in [3.05, 3.63) is 47.5 Å². The number of carboxylic acid groups (broad SMARTS) is 1. The van der Waals surface area contributed by atoms with Crippen LogP contribution in [-0.2, 0) is 11.2 Å². The standard InChI is InChI=1S/C16H19NO3/c18-15(17-14-4-2-1-3-5-14)11-8-12-6-9-13(10-7-12)16(19)20/h1-2,6-7,9-10,14H,3-5,8,11H2,(H,17,18)(H,19,20)/t14-/m1/s1. The van der Waals surface area contributed by atoms with Crippen molar-refractivity contribution in [2.45, 2.75) is 38.1 Å². The molecule has 1 aliphatic carbocycles. The van der Waals surface area contributed by atoms with Crippen molar-refractivity contribution in [1.29, 1.82) is 0 Å². The summed E-state index contributed by atoms with van der Waals surface area (Å²) in [4.78, 5) is 22.6. The lowest BCUT2D eigenvalue weighted by molar-refractivity contribution is -0.121. The number of rotatable bonds is 5. The van der Waals surface area contributed by atoms with Crippen LogP contribution in [0.2, 0.25) is 0 Å². The van der Waals surface area contributed by atoms with E-state index in [1.165, 1.54) is 0 Å². The molecule has 4 nitrogen and oxygen atoms in total. The number of carboxylic acids is 1. The van der Waals surface area contributed by atoms with Gasteiger partial charge in [0.05, 0.1) is 5.56 Å². The molecule has 1 atom stereocenters. The summed E-state index contributed by atoms with van der Waals surface area (Å²) in [7, 11) is 0. The van der Waals surface area contributed by atoms with Crippen LogP contribution in [-0.4, -0.2) is 23.0 Å². The zero-order valence-electron chi connectivity index (χ0n) is 11.3. The topological polar surface area (TPSA) is 66.4 Å². The fourth-order valence-electron chi connectivity index (χ4n) is 2.30. The lowest BCUT2D eigenvalue weighted by Crippen LogP contribution is -2.35. The molecule has 2 N–H and O–H groups in total. The van der Waals surface area contributed by atoms with Crippen LogP contribution in [0.1, 0.15) is 41.6 Å². The molecule has 1 amide bonds. The summed E-state index contributed by atoms with van der Waals surface area (Å²) in [6.07, 6.45) is 8.28. The van der Waals surface area contributed by atoms with Gasteiger partial charge in [-0.25, -0.2) is 4.79 Å². The third kappa shape index (κ3) is 4.23. The summed E-state index contributed by atoms with van der Waals surface area (Å²) in [6, 6.07) is 6.94. The van der Waals surface area contributed by atoms with Gasteiger partial charge in [-0.05, 0) is 43.4 Å².